The van der Waals surface area contributed by atoms with Crippen LogP contribution in [0.2, 0.25) is 0 Å². The number of benzene rings is 1. The van der Waals surface area contributed by atoms with E-state index in [-0.39, 0.29) is 0 Å². The van der Waals surface area contributed by atoms with Gasteiger partial charge in [0.25, 0.3) is 0 Å². The highest BCUT2D eigenvalue weighted by Gasteiger charge is 2.24. The molecule has 0 saturated carbocycles. The van der Waals surface area contributed by atoms with Crippen LogP contribution in [0.15, 0.2) is 48.4 Å². The maximum atomic E-state index is 5.52. The number of hydrogen-bond donors (Lipinski definition) is 0. The van der Waals surface area contributed by atoms with Gasteiger partial charge >= 0.3 is 0 Å². The lowest BCUT2D eigenvalue weighted by atomic mass is 9.89. The molecule has 2 aliphatic heterocycles. The number of para-hydroxylation sites is 1. The van der Waals surface area contributed by atoms with Crippen molar-refractivity contribution in [3.63, 3.8) is 0 Å². The van der Waals surface area contributed by atoms with Crippen LogP contribution in [0, 0.1) is 0 Å². The zero-order valence-corrected chi connectivity index (χ0v) is 7.64. The van der Waals surface area contributed by atoms with Crippen LogP contribution in [0.5, 0.6) is 5.75 Å². The van der Waals surface area contributed by atoms with Gasteiger partial charge in [-0.1, -0.05) is 18.2 Å². The zero-order chi connectivity index (χ0) is 9.38. The summed E-state index contributed by atoms with van der Waals surface area (Å²) in [6.45, 7) is 0.634. The Balaban J connectivity index is 2.13. The van der Waals surface area contributed by atoms with Gasteiger partial charge in [0.05, 0.1) is 12.5 Å². The zero-order valence-electron chi connectivity index (χ0n) is 7.64. The second kappa shape index (κ2) is 2.91. The summed E-state index contributed by atoms with van der Waals surface area (Å²) >= 11 is 0. The Morgan fingerprint density at radius 1 is 1.21 bits per heavy atom. The average molecular weight is 186 g/mol. The molecule has 1 aromatic carbocycles. The molecule has 0 amide bonds. The number of fused-ring (bicyclic) bond motifs is 3. The molecule has 0 spiro atoms. The second-order valence-corrected chi connectivity index (χ2v) is 3.47. The van der Waals surface area contributed by atoms with Gasteiger partial charge in [0.15, 0.2) is 0 Å². The third kappa shape index (κ3) is 1.04. The molecule has 14 heavy (non-hydrogen) atoms. The van der Waals surface area contributed by atoms with E-state index >= 15 is 0 Å². The molecule has 1 atom stereocenters. The fourth-order valence-corrected chi connectivity index (χ4v) is 1.89. The van der Waals surface area contributed by atoms with Crippen molar-refractivity contribution in [3.8, 4) is 5.75 Å². The van der Waals surface area contributed by atoms with E-state index in [0.29, 0.717) is 12.5 Å². The van der Waals surface area contributed by atoms with E-state index in [1.165, 1.54) is 11.1 Å². The molecule has 2 heterocycles. The number of ether oxygens (including phenoxy) is 2. The monoisotopic (exact) mass is 186 g/mol. The van der Waals surface area contributed by atoms with Crippen LogP contribution in [-0.2, 0) is 4.74 Å². The molecule has 0 aliphatic carbocycles. The van der Waals surface area contributed by atoms with Crippen LogP contribution in [0.1, 0.15) is 11.5 Å². The third-order valence-electron chi connectivity index (χ3n) is 2.61. The molecule has 2 aliphatic rings. The van der Waals surface area contributed by atoms with Gasteiger partial charge in [-0.05, 0) is 12.1 Å². The van der Waals surface area contributed by atoms with Gasteiger partial charge in [-0.2, -0.15) is 0 Å². The smallest absolute Gasteiger partial charge is 0.130 e. The number of allylic oxidation sites excluding steroid dienone is 1. The highest BCUT2D eigenvalue weighted by Crippen LogP contribution is 2.38. The Labute approximate surface area is 82.5 Å². The van der Waals surface area contributed by atoms with Gasteiger partial charge in [-0.25, -0.2) is 0 Å². The molecule has 0 aromatic heterocycles. The van der Waals surface area contributed by atoms with E-state index in [1.54, 1.807) is 12.5 Å². The molecule has 2 heteroatoms. The van der Waals surface area contributed by atoms with Crippen molar-refractivity contribution >= 4 is 0 Å². The van der Waals surface area contributed by atoms with E-state index in [0.717, 1.165) is 5.75 Å². The Morgan fingerprint density at radius 3 is 3.14 bits per heavy atom. The fraction of sp³-hybridized carbons (Fsp3) is 0.167. The summed E-state index contributed by atoms with van der Waals surface area (Å²) < 4.78 is 10.7. The largest absolute Gasteiger partial charge is 0.497 e. The van der Waals surface area contributed by atoms with E-state index in [1.807, 2.05) is 18.2 Å². The van der Waals surface area contributed by atoms with Gasteiger partial charge in [0.1, 0.15) is 12.4 Å². The van der Waals surface area contributed by atoms with Crippen LogP contribution in [-0.4, -0.2) is 6.61 Å². The van der Waals surface area contributed by atoms with Gasteiger partial charge in [-0.15, -0.1) is 0 Å². The summed E-state index contributed by atoms with van der Waals surface area (Å²) in [6.07, 6.45) is 5.64. The van der Waals surface area contributed by atoms with Crippen molar-refractivity contribution in [3.05, 3.63) is 54.0 Å². The van der Waals surface area contributed by atoms with Crippen molar-refractivity contribution in [1.29, 1.82) is 0 Å². The molecule has 1 unspecified atom stereocenters. The average Bonchev–Trinajstić information content (AvgIpc) is 2.29. The first kappa shape index (κ1) is 7.68. The predicted molar refractivity (Wildman–Crippen MR) is 53.0 cm³/mol. The lowest BCUT2D eigenvalue weighted by Crippen LogP contribution is -2.15. The summed E-state index contributed by atoms with van der Waals surface area (Å²) in [4.78, 5) is 0. The third-order valence-corrected chi connectivity index (χ3v) is 2.61. The van der Waals surface area contributed by atoms with E-state index < -0.39 is 0 Å². The molecule has 0 saturated heterocycles. The molecule has 3 rings (SSSR count). The first-order valence-corrected chi connectivity index (χ1v) is 4.68. The Bertz CT molecular complexity index is 418. The van der Waals surface area contributed by atoms with Crippen LogP contribution in [0.25, 0.3) is 0 Å². The van der Waals surface area contributed by atoms with Gasteiger partial charge in [-0.3, -0.25) is 0 Å². The Hall–Kier alpha value is -1.70. The van der Waals surface area contributed by atoms with Gasteiger partial charge in [0.2, 0.25) is 0 Å². The van der Waals surface area contributed by atoms with Crippen molar-refractivity contribution in [2.24, 2.45) is 0 Å². The first-order valence-electron chi connectivity index (χ1n) is 4.68. The van der Waals surface area contributed by atoms with E-state index in [9.17, 15) is 0 Å². The number of rotatable bonds is 0. The minimum atomic E-state index is 0.341. The predicted octanol–water partition coefficient (Wildman–Crippen LogP) is 2.59. The van der Waals surface area contributed by atoms with Gasteiger partial charge in [0, 0.05) is 17.1 Å². The summed E-state index contributed by atoms with van der Waals surface area (Å²) in [6, 6.07) is 8.11. The molecule has 1 aromatic rings. The minimum Gasteiger partial charge on any atom is -0.497 e. The fourth-order valence-electron chi connectivity index (χ4n) is 1.89. The molecule has 0 N–H and O–H groups in total. The molecule has 0 radical (unpaired) electrons. The molecular weight excluding hydrogens is 176 g/mol. The molecule has 0 fully saturated rings. The molecule has 0 bridgehead atoms. The normalized spacial score (nSPS) is 22.6. The first-order chi connectivity index (χ1) is 6.95. The minimum absolute atomic E-state index is 0.341. The number of hydrogen-bond acceptors (Lipinski definition) is 2. The highest BCUT2D eigenvalue weighted by atomic mass is 16.5. The van der Waals surface area contributed by atoms with Crippen LogP contribution < -0.4 is 4.74 Å². The van der Waals surface area contributed by atoms with Crippen molar-refractivity contribution in [1.82, 2.24) is 0 Å². The summed E-state index contributed by atoms with van der Waals surface area (Å²) in [7, 11) is 0. The van der Waals surface area contributed by atoms with Crippen molar-refractivity contribution in [2.45, 2.75) is 5.92 Å². The molecule has 2 nitrogen and oxygen atoms in total. The Morgan fingerprint density at radius 2 is 2.14 bits per heavy atom. The molecule has 70 valence electrons. The lowest BCUT2D eigenvalue weighted by molar-refractivity contribution is 0.254. The summed E-state index contributed by atoms with van der Waals surface area (Å²) in [5.74, 6) is 1.29. The Kier molecular flexibility index (Phi) is 1.60. The quantitative estimate of drug-likeness (QED) is 0.620. The topological polar surface area (TPSA) is 18.5 Å². The maximum Gasteiger partial charge on any atom is 0.130 e. The van der Waals surface area contributed by atoms with Crippen LogP contribution in [0.4, 0.5) is 0 Å². The maximum absolute atomic E-state index is 5.52. The van der Waals surface area contributed by atoms with Crippen LogP contribution in [0.3, 0.4) is 0 Å². The lowest BCUT2D eigenvalue weighted by Gasteiger charge is -2.26. The highest BCUT2D eigenvalue weighted by molar-refractivity contribution is 5.47. The van der Waals surface area contributed by atoms with Crippen molar-refractivity contribution < 1.29 is 9.47 Å². The molecular formula is C12H10O2. The van der Waals surface area contributed by atoms with E-state index in [2.05, 4.69) is 12.1 Å². The second-order valence-electron chi connectivity index (χ2n) is 3.47. The van der Waals surface area contributed by atoms with Gasteiger partial charge < -0.3 is 9.47 Å². The summed E-state index contributed by atoms with van der Waals surface area (Å²) in [5, 5.41) is 0. The van der Waals surface area contributed by atoms with Crippen molar-refractivity contribution in [2.75, 3.05) is 6.61 Å². The van der Waals surface area contributed by atoms with E-state index in [4.69, 9.17) is 9.47 Å². The van der Waals surface area contributed by atoms with Crippen LogP contribution >= 0.6 is 0 Å². The summed E-state index contributed by atoms with van der Waals surface area (Å²) in [5.41, 5.74) is 2.41. The SMILES string of the molecule is C1=CC2C(=COc3ccccc32)CO1. The standard InChI is InChI=1S/C12H10O2/c1-2-4-12-11(3-1)10-5-6-13-7-9(10)8-14-12/h1-6,8,10H,7H2.